The number of rotatable bonds is 3. The van der Waals surface area contributed by atoms with Gasteiger partial charge in [0.05, 0.1) is 6.04 Å². The predicted octanol–water partition coefficient (Wildman–Crippen LogP) is 2.53. The van der Waals surface area contributed by atoms with Crippen LogP contribution in [0.15, 0.2) is 30.3 Å². The van der Waals surface area contributed by atoms with E-state index in [2.05, 4.69) is 44.3 Å². The Labute approximate surface area is 163 Å². The van der Waals surface area contributed by atoms with Crippen molar-refractivity contribution in [3.05, 3.63) is 47.5 Å². The van der Waals surface area contributed by atoms with Crippen molar-refractivity contribution >= 4 is 6.03 Å². The van der Waals surface area contributed by atoms with Crippen LogP contribution in [0.1, 0.15) is 61.3 Å². The van der Waals surface area contributed by atoms with Crippen molar-refractivity contribution in [2.45, 2.75) is 49.7 Å². The first-order chi connectivity index (χ1) is 13.6. The molecule has 7 heteroatoms. The number of carbonyl (C=O) groups is 1. The Balaban J connectivity index is 1.22. The summed E-state index contributed by atoms with van der Waals surface area (Å²) < 4.78 is 0. The van der Waals surface area contributed by atoms with Crippen LogP contribution in [0, 0.1) is 5.41 Å². The van der Waals surface area contributed by atoms with Crippen LogP contribution in [0.2, 0.25) is 0 Å². The Kier molecular flexibility index (Phi) is 3.29. The second-order valence-electron chi connectivity index (χ2n) is 9.11. The number of H-pyrrole nitrogens is 1. The lowest BCUT2D eigenvalue weighted by atomic mass is 9.52. The third-order valence-corrected chi connectivity index (χ3v) is 7.20. The molecule has 0 bridgehead atoms. The molecule has 0 radical (unpaired) electrons. The number of carbonyl (C=O) groups excluding carboxylic acids is 1. The van der Waals surface area contributed by atoms with Gasteiger partial charge in [0.1, 0.15) is 11.4 Å². The zero-order valence-electron chi connectivity index (χ0n) is 15.8. The van der Waals surface area contributed by atoms with Gasteiger partial charge in [-0.05, 0) is 37.7 Å². The fourth-order valence-corrected chi connectivity index (χ4v) is 5.25. The van der Waals surface area contributed by atoms with Crippen molar-refractivity contribution in [3.63, 3.8) is 0 Å². The molecule has 146 valence electrons. The molecular formula is C21H25N5O2. The minimum Gasteiger partial charge on any atom is -0.382 e. The number of hydrogen-bond donors (Lipinski definition) is 2. The standard InChI is InChI=1S/C21H25N5O2/c27-19(25-9-4-10-25)26-13-20(16(26)14-5-2-1-3-6-14)11-15(12-20)17-22-18(24-23-17)21(28)7-8-21/h1-3,5-6,15-16,28H,4,7-13H2,(H,22,23,24). The number of urea groups is 1. The van der Waals surface area contributed by atoms with E-state index < -0.39 is 5.60 Å². The quantitative estimate of drug-likeness (QED) is 0.858. The van der Waals surface area contributed by atoms with Crippen molar-refractivity contribution < 1.29 is 9.90 Å². The molecule has 3 heterocycles. The molecule has 6 rings (SSSR count). The van der Waals surface area contributed by atoms with Crippen LogP contribution >= 0.6 is 0 Å². The maximum atomic E-state index is 12.9. The highest BCUT2D eigenvalue weighted by Gasteiger charge is 2.62. The topological polar surface area (TPSA) is 85.3 Å². The van der Waals surface area contributed by atoms with Crippen LogP contribution in [-0.4, -0.2) is 55.8 Å². The molecule has 7 nitrogen and oxygen atoms in total. The Bertz CT molecular complexity index is 912. The Morgan fingerprint density at radius 2 is 1.93 bits per heavy atom. The summed E-state index contributed by atoms with van der Waals surface area (Å²) in [5.74, 6) is 1.77. The molecule has 1 spiro atoms. The van der Waals surface area contributed by atoms with Gasteiger partial charge in [-0.1, -0.05) is 30.3 Å². The lowest BCUT2D eigenvalue weighted by Gasteiger charge is -2.65. The van der Waals surface area contributed by atoms with E-state index in [0.717, 1.165) is 57.6 Å². The maximum absolute atomic E-state index is 12.9. The van der Waals surface area contributed by atoms with E-state index in [1.54, 1.807) is 0 Å². The first-order valence-corrected chi connectivity index (χ1v) is 10.3. The summed E-state index contributed by atoms with van der Waals surface area (Å²) in [6, 6.07) is 10.8. The van der Waals surface area contributed by atoms with Gasteiger partial charge < -0.3 is 14.9 Å². The number of aliphatic hydroxyl groups is 1. The number of amides is 2. The highest BCUT2D eigenvalue weighted by atomic mass is 16.3. The van der Waals surface area contributed by atoms with Crippen LogP contribution < -0.4 is 0 Å². The van der Waals surface area contributed by atoms with E-state index in [-0.39, 0.29) is 17.5 Å². The van der Waals surface area contributed by atoms with Crippen molar-refractivity contribution in [2.24, 2.45) is 5.41 Å². The molecule has 28 heavy (non-hydrogen) atoms. The summed E-state index contributed by atoms with van der Waals surface area (Å²) >= 11 is 0. The van der Waals surface area contributed by atoms with Gasteiger partial charge in [0.15, 0.2) is 5.82 Å². The minimum atomic E-state index is -0.792. The first-order valence-electron chi connectivity index (χ1n) is 10.3. The maximum Gasteiger partial charge on any atom is 0.320 e. The van der Waals surface area contributed by atoms with Gasteiger partial charge >= 0.3 is 6.03 Å². The zero-order valence-corrected chi connectivity index (χ0v) is 15.8. The third-order valence-electron chi connectivity index (χ3n) is 7.20. The summed E-state index contributed by atoms with van der Waals surface area (Å²) in [4.78, 5) is 21.5. The molecule has 4 fully saturated rings. The number of aromatic amines is 1. The lowest BCUT2D eigenvalue weighted by Crippen LogP contribution is -2.67. The van der Waals surface area contributed by atoms with Crippen LogP contribution in [0.4, 0.5) is 4.79 Å². The minimum absolute atomic E-state index is 0.135. The predicted molar refractivity (Wildman–Crippen MR) is 101 cm³/mol. The van der Waals surface area contributed by atoms with Gasteiger partial charge in [-0.15, -0.1) is 0 Å². The molecular weight excluding hydrogens is 354 g/mol. The van der Waals surface area contributed by atoms with Crippen molar-refractivity contribution in [3.8, 4) is 0 Å². The Morgan fingerprint density at radius 1 is 1.18 bits per heavy atom. The molecule has 2 aliphatic heterocycles. The van der Waals surface area contributed by atoms with E-state index in [9.17, 15) is 9.90 Å². The van der Waals surface area contributed by atoms with Crippen molar-refractivity contribution in [1.82, 2.24) is 25.0 Å². The number of benzene rings is 1. The van der Waals surface area contributed by atoms with E-state index in [4.69, 9.17) is 0 Å². The Morgan fingerprint density at radius 3 is 2.57 bits per heavy atom. The SMILES string of the molecule is O=C(N1CCC1)N1CC2(CC(c3nc(C4(O)CC4)n[nH]3)C2)C1c1ccccc1. The summed E-state index contributed by atoms with van der Waals surface area (Å²) in [6.07, 6.45) is 4.63. The first kappa shape index (κ1) is 16.5. The summed E-state index contributed by atoms with van der Waals surface area (Å²) in [7, 11) is 0. The van der Waals surface area contributed by atoms with E-state index in [1.165, 1.54) is 5.56 Å². The number of aromatic nitrogens is 3. The molecule has 2 aromatic rings. The molecule has 4 aliphatic rings. The second kappa shape index (κ2) is 5.56. The molecule has 2 saturated heterocycles. The lowest BCUT2D eigenvalue weighted by molar-refractivity contribution is -0.120. The molecule has 1 atom stereocenters. The Hall–Kier alpha value is -2.41. The summed E-state index contributed by atoms with van der Waals surface area (Å²) in [5, 5.41) is 17.5. The van der Waals surface area contributed by atoms with Crippen LogP contribution in [0.5, 0.6) is 0 Å². The zero-order chi connectivity index (χ0) is 18.9. The fourth-order valence-electron chi connectivity index (χ4n) is 5.25. The summed E-state index contributed by atoms with van der Waals surface area (Å²) in [5.41, 5.74) is 0.571. The van der Waals surface area contributed by atoms with E-state index >= 15 is 0 Å². The molecule has 2 amide bonds. The van der Waals surface area contributed by atoms with Crippen LogP contribution in [-0.2, 0) is 5.60 Å². The molecule has 1 aromatic carbocycles. The van der Waals surface area contributed by atoms with Crippen LogP contribution in [0.3, 0.4) is 0 Å². The largest absolute Gasteiger partial charge is 0.382 e. The highest BCUT2D eigenvalue weighted by molar-refractivity contribution is 5.77. The van der Waals surface area contributed by atoms with Gasteiger partial charge in [0.2, 0.25) is 0 Å². The van der Waals surface area contributed by atoms with Crippen molar-refractivity contribution in [2.75, 3.05) is 19.6 Å². The number of nitrogens with zero attached hydrogens (tertiary/aromatic N) is 4. The van der Waals surface area contributed by atoms with Gasteiger partial charge in [-0.25, -0.2) is 9.78 Å². The molecule has 2 saturated carbocycles. The molecule has 1 aromatic heterocycles. The van der Waals surface area contributed by atoms with Gasteiger partial charge in [-0.3, -0.25) is 5.10 Å². The second-order valence-corrected chi connectivity index (χ2v) is 9.11. The molecule has 2 N–H and O–H groups in total. The normalized spacial score (nSPS) is 32.5. The molecule has 2 aliphatic carbocycles. The van der Waals surface area contributed by atoms with Gasteiger partial charge in [0, 0.05) is 31.0 Å². The monoisotopic (exact) mass is 379 g/mol. The third kappa shape index (κ3) is 2.28. The number of hydrogen-bond acceptors (Lipinski definition) is 4. The number of likely N-dealkylation sites (tertiary alicyclic amines) is 2. The van der Waals surface area contributed by atoms with Crippen LogP contribution in [0.25, 0.3) is 0 Å². The summed E-state index contributed by atoms with van der Waals surface area (Å²) in [6.45, 7) is 2.59. The molecule has 1 unspecified atom stereocenters. The average molecular weight is 379 g/mol. The van der Waals surface area contributed by atoms with E-state index in [0.29, 0.717) is 11.7 Å². The van der Waals surface area contributed by atoms with Crippen molar-refractivity contribution in [1.29, 1.82) is 0 Å². The smallest absolute Gasteiger partial charge is 0.320 e. The number of nitrogens with one attached hydrogen (secondary N) is 1. The van der Waals surface area contributed by atoms with Gasteiger partial charge in [0.25, 0.3) is 0 Å². The average Bonchev–Trinajstić information content (AvgIpc) is 3.14. The fraction of sp³-hybridized carbons (Fsp3) is 0.571. The van der Waals surface area contributed by atoms with E-state index in [1.807, 2.05) is 11.0 Å². The van der Waals surface area contributed by atoms with Gasteiger partial charge in [-0.2, -0.15) is 5.10 Å². The highest BCUT2D eigenvalue weighted by Crippen LogP contribution is 2.65.